The van der Waals surface area contributed by atoms with E-state index in [0.29, 0.717) is 6.04 Å². The fraction of sp³-hybridized carbons (Fsp3) is 0.353. The topological polar surface area (TPSA) is 28.2 Å². The number of rotatable bonds is 4. The van der Waals surface area contributed by atoms with Crippen molar-refractivity contribution in [3.63, 3.8) is 0 Å². The molecule has 0 bridgehead atoms. The van der Waals surface area contributed by atoms with E-state index in [1.807, 2.05) is 18.3 Å². The summed E-state index contributed by atoms with van der Waals surface area (Å²) < 4.78 is 13.5. The third kappa shape index (κ3) is 3.05. The predicted octanol–water partition coefficient (Wildman–Crippen LogP) is 3.41. The third-order valence-electron chi connectivity index (χ3n) is 3.74. The molecule has 0 radical (unpaired) electrons. The lowest BCUT2D eigenvalue weighted by Crippen LogP contribution is -2.22. The second-order valence-electron chi connectivity index (χ2n) is 5.73. The Bertz CT molecular complexity index is 640. The van der Waals surface area contributed by atoms with Crippen LogP contribution < -0.4 is 10.2 Å². The number of aromatic nitrogens is 1. The molecule has 3 nitrogen and oxygen atoms in total. The number of anilines is 2. The Kier molecular flexibility index (Phi) is 3.88. The maximum absolute atomic E-state index is 13.5. The van der Waals surface area contributed by atoms with E-state index in [-0.39, 0.29) is 5.82 Å². The van der Waals surface area contributed by atoms with Gasteiger partial charge in [0.1, 0.15) is 11.6 Å². The molecule has 4 heteroatoms. The largest absolute Gasteiger partial charge is 0.326 e. The van der Waals surface area contributed by atoms with E-state index in [2.05, 4.69) is 35.1 Å². The molecule has 110 valence electrons. The van der Waals surface area contributed by atoms with Crippen LogP contribution in [0.2, 0.25) is 0 Å². The molecular formula is C17H20FN3. The standard InChI is InChI=1S/C17H20FN3/c1-12(2)20-11-13-5-7-19-17(9-13)21-8-6-14-3-4-15(18)10-16(14)21/h3-5,7,9-10,12,20H,6,8,11H2,1-2H3. The first-order chi connectivity index (χ1) is 10.1. The number of pyridine rings is 1. The summed E-state index contributed by atoms with van der Waals surface area (Å²) in [5, 5.41) is 3.40. The molecule has 0 aliphatic carbocycles. The molecule has 1 aliphatic rings. The van der Waals surface area contributed by atoms with Crippen LogP contribution in [0.5, 0.6) is 0 Å². The van der Waals surface area contributed by atoms with Crippen LogP contribution in [0.4, 0.5) is 15.9 Å². The molecule has 0 spiro atoms. The lowest BCUT2D eigenvalue weighted by molar-refractivity contribution is 0.588. The van der Waals surface area contributed by atoms with E-state index in [9.17, 15) is 4.39 Å². The van der Waals surface area contributed by atoms with Gasteiger partial charge in [-0.1, -0.05) is 19.9 Å². The first-order valence-corrected chi connectivity index (χ1v) is 7.38. The summed E-state index contributed by atoms with van der Waals surface area (Å²) in [6.07, 6.45) is 2.76. The zero-order valence-electron chi connectivity index (χ0n) is 12.4. The van der Waals surface area contributed by atoms with Crippen LogP contribution in [0.15, 0.2) is 36.5 Å². The van der Waals surface area contributed by atoms with Crippen molar-refractivity contribution in [3.8, 4) is 0 Å². The van der Waals surface area contributed by atoms with Crippen LogP contribution in [0.1, 0.15) is 25.0 Å². The quantitative estimate of drug-likeness (QED) is 0.933. The van der Waals surface area contributed by atoms with Crippen LogP contribution in [0.25, 0.3) is 0 Å². The van der Waals surface area contributed by atoms with Crippen LogP contribution in [-0.4, -0.2) is 17.6 Å². The molecular weight excluding hydrogens is 265 g/mol. The number of nitrogens with one attached hydrogen (secondary N) is 1. The molecule has 0 unspecified atom stereocenters. The van der Waals surface area contributed by atoms with E-state index < -0.39 is 0 Å². The highest BCUT2D eigenvalue weighted by molar-refractivity contribution is 5.67. The molecule has 0 saturated carbocycles. The van der Waals surface area contributed by atoms with E-state index in [4.69, 9.17) is 0 Å². The Hall–Kier alpha value is -1.94. The fourth-order valence-electron chi connectivity index (χ4n) is 2.63. The Balaban J connectivity index is 1.86. The van der Waals surface area contributed by atoms with Gasteiger partial charge in [-0.3, -0.25) is 0 Å². The van der Waals surface area contributed by atoms with Gasteiger partial charge in [0, 0.05) is 31.0 Å². The minimum absolute atomic E-state index is 0.196. The molecule has 0 saturated heterocycles. The van der Waals surface area contributed by atoms with Gasteiger partial charge in [0.05, 0.1) is 0 Å². The van der Waals surface area contributed by atoms with Gasteiger partial charge in [-0.05, 0) is 41.8 Å². The van der Waals surface area contributed by atoms with Crippen molar-refractivity contribution in [2.75, 3.05) is 11.4 Å². The average molecular weight is 285 g/mol. The molecule has 0 fully saturated rings. The lowest BCUT2D eigenvalue weighted by Gasteiger charge is -2.19. The Morgan fingerprint density at radius 2 is 2.14 bits per heavy atom. The summed E-state index contributed by atoms with van der Waals surface area (Å²) in [5.74, 6) is 0.695. The minimum atomic E-state index is -0.196. The highest BCUT2D eigenvalue weighted by Crippen LogP contribution is 2.34. The van der Waals surface area contributed by atoms with E-state index in [1.165, 1.54) is 17.2 Å². The van der Waals surface area contributed by atoms with Crippen LogP contribution >= 0.6 is 0 Å². The van der Waals surface area contributed by atoms with Crippen LogP contribution in [0, 0.1) is 5.82 Å². The molecule has 0 amide bonds. The van der Waals surface area contributed by atoms with Crippen molar-refractivity contribution in [1.82, 2.24) is 10.3 Å². The summed E-state index contributed by atoms with van der Waals surface area (Å²) in [6.45, 7) is 5.92. The number of hydrogen-bond donors (Lipinski definition) is 1. The second kappa shape index (κ2) is 5.82. The molecule has 1 aliphatic heterocycles. The maximum atomic E-state index is 13.5. The zero-order valence-corrected chi connectivity index (χ0v) is 12.4. The molecule has 2 aromatic rings. The van der Waals surface area contributed by atoms with E-state index in [1.54, 1.807) is 6.07 Å². The summed E-state index contributed by atoms with van der Waals surface area (Å²) in [7, 11) is 0. The number of benzene rings is 1. The Morgan fingerprint density at radius 1 is 1.29 bits per heavy atom. The third-order valence-corrected chi connectivity index (χ3v) is 3.74. The number of nitrogens with zero attached hydrogens (tertiary/aromatic N) is 2. The second-order valence-corrected chi connectivity index (χ2v) is 5.73. The number of halogens is 1. The summed E-state index contributed by atoms with van der Waals surface area (Å²) in [6, 6.07) is 9.54. The van der Waals surface area contributed by atoms with Gasteiger partial charge in [0.2, 0.25) is 0 Å². The van der Waals surface area contributed by atoms with Crippen molar-refractivity contribution >= 4 is 11.5 Å². The van der Waals surface area contributed by atoms with Gasteiger partial charge in [0.25, 0.3) is 0 Å². The first kappa shape index (κ1) is 14.0. The van der Waals surface area contributed by atoms with Crippen molar-refractivity contribution in [1.29, 1.82) is 0 Å². The zero-order chi connectivity index (χ0) is 14.8. The van der Waals surface area contributed by atoms with E-state index >= 15 is 0 Å². The van der Waals surface area contributed by atoms with Gasteiger partial charge >= 0.3 is 0 Å². The molecule has 21 heavy (non-hydrogen) atoms. The predicted molar refractivity (Wildman–Crippen MR) is 83.3 cm³/mol. The molecule has 3 rings (SSSR count). The van der Waals surface area contributed by atoms with E-state index in [0.717, 1.165) is 31.0 Å². The summed E-state index contributed by atoms with van der Waals surface area (Å²) >= 11 is 0. The van der Waals surface area contributed by atoms with Gasteiger partial charge < -0.3 is 10.2 Å². The molecule has 1 aromatic carbocycles. The average Bonchev–Trinajstić information content (AvgIpc) is 2.88. The van der Waals surface area contributed by atoms with Gasteiger partial charge in [0.15, 0.2) is 0 Å². The molecule has 2 heterocycles. The monoisotopic (exact) mass is 285 g/mol. The van der Waals surface area contributed by atoms with Crippen molar-refractivity contribution in [2.45, 2.75) is 32.9 Å². The van der Waals surface area contributed by atoms with Gasteiger partial charge in [-0.25, -0.2) is 9.37 Å². The molecule has 1 N–H and O–H groups in total. The van der Waals surface area contributed by atoms with Gasteiger partial charge in [-0.15, -0.1) is 0 Å². The SMILES string of the molecule is CC(C)NCc1ccnc(N2CCc3ccc(F)cc32)c1. The van der Waals surface area contributed by atoms with Crippen LogP contribution in [-0.2, 0) is 13.0 Å². The fourth-order valence-corrected chi connectivity index (χ4v) is 2.63. The molecule has 0 atom stereocenters. The maximum Gasteiger partial charge on any atom is 0.133 e. The van der Waals surface area contributed by atoms with Crippen molar-refractivity contribution in [3.05, 3.63) is 53.5 Å². The van der Waals surface area contributed by atoms with Gasteiger partial charge in [-0.2, -0.15) is 0 Å². The number of fused-ring (bicyclic) bond motifs is 1. The smallest absolute Gasteiger partial charge is 0.133 e. The Morgan fingerprint density at radius 3 is 2.95 bits per heavy atom. The first-order valence-electron chi connectivity index (χ1n) is 7.38. The van der Waals surface area contributed by atoms with Crippen LogP contribution in [0.3, 0.4) is 0 Å². The minimum Gasteiger partial charge on any atom is -0.326 e. The number of hydrogen-bond acceptors (Lipinski definition) is 3. The summed E-state index contributed by atoms with van der Waals surface area (Å²) in [4.78, 5) is 6.55. The lowest BCUT2D eigenvalue weighted by atomic mass is 10.1. The normalized spacial score (nSPS) is 13.8. The molecule has 1 aromatic heterocycles. The summed E-state index contributed by atoms with van der Waals surface area (Å²) in [5.41, 5.74) is 3.32. The van der Waals surface area contributed by atoms with Crippen molar-refractivity contribution < 1.29 is 4.39 Å². The van der Waals surface area contributed by atoms with Crippen molar-refractivity contribution in [2.24, 2.45) is 0 Å². The Labute approximate surface area is 124 Å². The highest BCUT2D eigenvalue weighted by atomic mass is 19.1. The highest BCUT2D eigenvalue weighted by Gasteiger charge is 2.21.